The van der Waals surface area contributed by atoms with E-state index in [4.69, 9.17) is 11.6 Å². The summed E-state index contributed by atoms with van der Waals surface area (Å²) in [6.45, 7) is 1.64. The van der Waals surface area contributed by atoms with Crippen molar-refractivity contribution >= 4 is 28.5 Å². The number of aromatic nitrogens is 2. The molecule has 1 atom stereocenters. The molecule has 136 valence electrons. The Hall–Kier alpha value is -2.54. The molecule has 1 amide bonds. The third-order valence-electron chi connectivity index (χ3n) is 3.99. The molecule has 0 saturated heterocycles. The molecule has 26 heavy (non-hydrogen) atoms. The van der Waals surface area contributed by atoms with E-state index < -0.39 is 17.8 Å². The second-order valence-electron chi connectivity index (χ2n) is 5.88. The van der Waals surface area contributed by atoms with Crippen LogP contribution in [0.4, 0.5) is 13.2 Å². The Bertz CT molecular complexity index is 935. The van der Waals surface area contributed by atoms with Crippen LogP contribution in [-0.4, -0.2) is 15.5 Å². The minimum atomic E-state index is -4.41. The minimum Gasteiger partial charge on any atom is -0.348 e. The molecule has 4 nitrogen and oxygen atoms in total. The van der Waals surface area contributed by atoms with E-state index in [0.717, 1.165) is 12.1 Å². The molecule has 0 radical (unpaired) electrons. The number of nitrogens with zero attached hydrogens (tertiary/aromatic N) is 2. The Kier molecular flexibility index (Phi) is 4.91. The van der Waals surface area contributed by atoms with Crippen molar-refractivity contribution in [3.63, 3.8) is 0 Å². The molecular weight excluding hydrogens is 367 g/mol. The highest BCUT2D eigenvalue weighted by molar-refractivity contribution is 6.34. The summed E-state index contributed by atoms with van der Waals surface area (Å²) in [5.41, 5.74) is 1.23. The molecule has 0 fully saturated rings. The first kappa shape index (κ1) is 18.3. The zero-order valence-corrected chi connectivity index (χ0v) is 14.5. The van der Waals surface area contributed by atoms with Gasteiger partial charge >= 0.3 is 6.18 Å². The maximum absolute atomic E-state index is 12.8. The van der Waals surface area contributed by atoms with Gasteiger partial charge < -0.3 is 9.88 Å². The summed E-state index contributed by atoms with van der Waals surface area (Å²) in [4.78, 5) is 15.8. The van der Waals surface area contributed by atoms with E-state index in [1.165, 1.54) is 19.1 Å². The summed E-state index contributed by atoms with van der Waals surface area (Å²) < 4.78 is 40.0. The average Bonchev–Trinajstić information content (AvgIpc) is 2.97. The molecule has 3 rings (SSSR count). The highest BCUT2D eigenvalue weighted by Gasteiger charge is 2.30. The van der Waals surface area contributed by atoms with E-state index in [1.807, 2.05) is 6.07 Å². The van der Waals surface area contributed by atoms with Crippen LogP contribution in [0.3, 0.4) is 0 Å². The van der Waals surface area contributed by atoms with E-state index in [2.05, 4.69) is 10.3 Å². The Morgan fingerprint density at radius 1 is 1.23 bits per heavy atom. The zero-order valence-electron chi connectivity index (χ0n) is 13.7. The molecule has 0 aliphatic rings. The molecule has 0 spiro atoms. The Morgan fingerprint density at radius 2 is 1.92 bits per heavy atom. The van der Waals surface area contributed by atoms with Gasteiger partial charge in [-0.1, -0.05) is 29.8 Å². The van der Waals surface area contributed by atoms with Gasteiger partial charge in [-0.05, 0) is 29.8 Å². The number of para-hydroxylation sites is 1. The monoisotopic (exact) mass is 381 g/mol. The van der Waals surface area contributed by atoms with E-state index in [1.54, 1.807) is 23.0 Å². The van der Waals surface area contributed by atoms with Crippen LogP contribution in [0, 0.1) is 0 Å². The number of nitrogens with one attached hydrogen (secondary N) is 1. The fourth-order valence-electron chi connectivity index (χ4n) is 2.80. The lowest BCUT2D eigenvalue weighted by Crippen LogP contribution is -2.29. The maximum atomic E-state index is 12.8. The van der Waals surface area contributed by atoms with Crippen LogP contribution in [0.5, 0.6) is 0 Å². The number of carbonyl (C=O) groups excluding carboxylic acids is 1. The van der Waals surface area contributed by atoms with Crippen molar-refractivity contribution in [2.45, 2.75) is 25.7 Å². The average molecular weight is 382 g/mol. The van der Waals surface area contributed by atoms with E-state index >= 15 is 0 Å². The number of benzene rings is 2. The van der Waals surface area contributed by atoms with Crippen LogP contribution < -0.4 is 5.32 Å². The normalized spacial score (nSPS) is 13.0. The zero-order chi connectivity index (χ0) is 18.9. The molecule has 1 N–H and O–H groups in total. The minimum absolute atomic E-state index is 0.283. The van der Waals surface area contributed by atoms with Gasteiger partial charge in [0.05, 0.1) is 34.0 Å². The van der Waals surface area contributed by atoms with Crippen molar-refractivity contribution in [2.24, 2.45) is 0 Å². The summed E-state index contributed by atoms with van der Waals surface area (Å²) in [6.07, 6.45) is -2.81. The predicted molar refractivity (Wildman–Crippen MR) is 92.7 cm³/mol. The second-order valence-corrected chi connectivity index (χ2v) is 6.28. The third-order valence-corrected chi connectivity index (χ3v) is 4.29. The van der Waals surface area contributed by atoms with Gasteiger partial charge in [-0.3, -0.25) is 4.79 Å². The molecule has 8 heteroatoms. The van der Waals surface area contributed by atoms with Crippen molar-refractivity contribution in [3.05, 3.63) is 64.9 Å². The number of hydrogen-bond donors (Lipinski definition) is 1. The molecule has 1 heterocycles. The van der Waals surface area contributed by atoms with Crippen LogP contribution in [0.15, 0.2) is 48.8 Å². The molecule has 0 aliphatic heterocycles. The van der Waals surface area contributed by atoms with Crippen LogP contribution in [0.25, 0.3) is 11.0 Å². The summed E-state index contributed by atoms with van der Waals surface area (Å²) in [5.74, 6) is -0.287. The fraction of sp³-hybridized carbons (Fsp3) is 0.222. The van der Waals surface area contributed by atoms with Gasteiger partial charge in [0.1, 0.15) is 0 Å². The Labute approximate surface area is 152 Å². The van der Waals surface area contributed by atoms with Crippen LogP contribution in [-0.2, 0) is 17.5 Å². The van der Waals surface area contributed by atoms with E-state index in [0.29, 0.717) is 21.6 Å². The Morgan fingerprint density at radius 3 is 2.54 bits per heavy atom. The third kappa shape index (κ3) is 3.83. The van der Waals surface area contributed by atoms with Crippen LogP contribution in [0.1, 0.15) is 24.1 Å². The maximum Gasteiger partial charge on any atom is 0.416 e. The smallest absolute Gasteiger partial charge is 0.348 e. The first-order chi connectivity index (χ1) is 12.3. The fourth-order valence-corrected chi connectivity index (χ4v) is 3.08. The van der Waals surface area contributed by atoms with E-state index in [-0.39, 0.29) is 12.5 Å². The molecule has 1 aromatic heterocycles. The lowest BCUT2D eigenvalue weighted by atomic mass is 10.0. The van der Waals surface area contributed by atoms with Gasteiger partial charge in [-0.2, -0.15) is 13.2 Å². The number of amides is 1. The highest BCUT2D eigenvalue weighted by Crippen LogP contribution is 2.30. The van der Waals surface area contributed by atoms with Gasteiger partial charge in [-0.25, -0.2) is 4.98 Å². The summed E-state index contributed by atoms with van der Waals surface area (Å²) in [7, 11) is 0. The lowest BCUT2D eigenvalue weighted by molar-refractivity contribution is -0.137. The van der Waals surface area contributed by atoms with Crippen molar-refractivity contribution in [1.29, 1.82) is 0 Å². The number of hydrogen-bond acceptors (Lipinski definition) is 2. The number of alkyl halides is 3. The standard InChI is InChI=1S/C18H15ClF3N3O/c1-11(26)24-16(12-5-7-13(8-6-12)18(20,21)22)9-25-10-23-15-4-2-3-14(19)17(15)25/h2-8,10,16H,9H2,1H3,(H,24,26). The van der Waals surface area contributed by atoms with Gasteiger partial charge in [0.2, 0.25) is 5.91 Å². The number of carbonyl (C=O) groups is 1. The van der Waals surface area contributed by atoms with Crippen molar-refractivity contribution in [2.75, 3.05) is 0 Å². The predicted octanol–water partition coefficient (Wildman–Crippen LogP) is 4.59. The van der Waals surface area contributed by atoms with Crippen molar-refractivity contribution in [3.8, 4) is 0 Å². The van der Waals surface area contributed by atoms with Crippen molar-refractivity contribution < 1.29 is 18.0 Å². The Balaban J connectivity index is 1.94. The summed E-state index contributed by atoms with van der Waals surface area (Å²) in [6, 6.07) is 9.53. The van der Waals surface area contributed by atoms with Crippen molar-refractivity contribution in [1.82, 2.24) is 14.9 Å². The molecule has 2 aromatic carbocycles. The molecule has 0 aliphatic carbocycles. The highest BCUT2D eigenvalue weighted by atomic mass is 35.5. The van der Waals surface area contributed by atoms with Gasteiger partial charge in [-0.15, -0.1) is 0 Å². The summed E-state index contributed by atoms with van der Waals surface area (Å²) in [5, 5.41) is 3.27. The van der Waals surface area contributed by atoms with Crippen LogP contribution in [0.2, 0.25) is 5.02 Å². The number of halogens is 4. The first-order valence-electron chi connectivity index (χ1n) is 7.79. The number of fused-ring (bicyclic) bond motifs is 1. The van der Waals surface area contributed by atoms with Gasteiger partial charge in [0.15, 0.2) is 0 Å². The largest absolute Gasteiger partial charge is 0.416 e. The first-order valence-corrected chi connectivity index (χ1v) is 8.17. The quantitative estimate of drug-likeness (QED) is 0.718. The molecular formula is C18H15ClF3N3O. The molecule has 0 bridgehead atoms. The van der Waals surface area contributed by atoms with Gasteiger partial charge in [0, 0.05) is 13.5 Å². The van der Waals surface area contributed by atoms with E-state index in [9.17, 15) is 18.0 Å². The molecule has 0 saturated carbocycles. The molecule has 1 unspecified atom stereocenters. The lowest BCUT2D eigenvalue weighted by Gasteiger charge is -2.20. The summed E-state index contributed by atoms with van der Waals surface area (Å²) >= 11 is 6.24. The number of rotatable bonds is 4. The van der Waals surface area contributed by atoms with Crippen LogP contribution >= 0.6 is 11.6 Å². The molecule has 3 aromatic rings. The second kappa shape index (κ2) is 6.99. The topological polar surface area (TPSA) is 46.9 Å². The SMILES string of the molecule is CC(=O)NC(Cn1cnc2cccc(Cl)c21)c1ccc(C(F)(F)F)cc1. The van der Waals surface area contributed by atoms with Gasteiger partial charge in [0.25, 0.3) is 0 Å². The number of imidazole rings is 1.